The van der Waals surface area contributed by atoms with Gasteiger partial charge in [0.1, 0.15) is 5.41 Å². The molecule has 0 aliphatic heterocycles. The Labute approximate surface area is 134 Å². The van der Waals surface area contributed by atoms with E-state index in [9.17, 15) is 24.6 Å². The smallest absolute Gasteiger partial charge is 0.332 e. The molecule has 1 aromatic rings. The van der Waals surface area contributed by atoms with Crippen LogP contribution in [-0.2, 0) is 14.3 Å². The van der Waals surface area contributed by atoms with Gasteiger partial charge in [-0.1, -0.05) is 36.9 Å². The number of ketones is 1. The van der Waals surface area contributed by atoms with Crippen molar-refractivity contribution in [3.05, 3.63) is 48.0 Å². The molecule has 1 unspecified atom stereocenters. The standard InChI is InChI=1S/C17H20O6/c1-3-23-10-9-17(16(21)22,12(2)15(19)20)11-14(18)13-7-5-4-6-8-13/h4-8H,2-3,9-11H2,1H3,(H,19,20)(H,21,22). The van der Waals surface area contributed by atoms with Crippen LogP contribution in [0.25, 0.3) is 0 Å². The van der Waals surface area contributed by atoms with E-state index in [0.29, 0.717) is 12.2 Å². The Hall–Kier alpha value is -2.47. The number of ether oxygens (including phenoxy) is 1. The summed E-state index contributed by atoms with van der Waals surface area (Å²) < 4.78 is 5.15. The SMILES string of the molecule is C=C(C(=O)O)C(CCOCC)(CC(=O)c1ccccc1)C(=O)O. The number of benzene rings is 1. The number of carbonyl (C=O) groups excluding carboxylic acids is 1. The highest BCUT2D eigenvalue weighted by Crippen LogP contribution is 2.36. The molecule has 0 aliphatic rings. The van der Waals surface area contributed by atoms with E-state index in [1.165, 1.54) is 0 Å². The van der Waals surface area contributed by atoms with E-state index < -0.39 is 35.1 Å². The summed E-state index contributed by atoms with van der Waals surface area (Å²) >= 11 is 0. The predicted octanol–water partition coefficient (Wildman–Crippen LogP) is 2.40. The molecule has 0 aliphatic carbocycles. The van der Waals surface area contributed by atoms with Crippen molar-refractivity contribution in [3.8, 4) is 0 Å². The second-order valence-corrected chi connectivity index (χ2v) is 5.08. The Kier molecular flexibility index (Phi) is 6.65. The second kappa shape index (κ2) is 8.24. The normalized spacial score (nSPS) is 13.1. The highest BCUT2D eigenvalue weighted by molar-refractivity contribution is 6.03. The topological polar surface area (TPSA) is 101 Å². The van der Waals surface area contributed by atoms with Gasteiger partial charge in [-0.15, -0.1) is 0 Å². The zero-order chi connectivity index (χ0) is 17.5. The van der Waals surface area contributed by atoms with Gasteiger partial charge in [-0.05, 0) is 13.3 Å². The van der Waals surface area contributed by atoms with Gasteiger partial charge < -0.3 is 14.9 Å². The lowest BCUT2D eigenvalue weighted by Crippen LogP contribution is -2.39. The van der Waals surface area contributed by atoms with Crippen LogP contribution in [0.5, 0.6) is 0 Å². The molecule has 0 bridgehead atoms. The first kappa shape index (κ1) is 18.6. The summed E-state index contributed by atoms with van der Waals surface area (Å²) in [6.07, 6.45) is -0.621. The summed E-state index contributed by atoms with van der Waals surface area (Å²) in [7, 11) is 0. The van der Waals surface area contributed by atoms with E-state index in [1.54, 1.807) is 37.3 Å². The van der Waals surface area contributed by atoms with Crippen LogP contribution in [-0.4, -0.2) is 41.1 Å². The number of carboxylic acids is 2. The first-order chi connectivity index (χ1) is 10.8. The fourth-order valence-corrected chi connectivity index (χ4v) is 2.25. The van der Waals surface area contributed by atoms with E-state index in [2.05, 4.69) is 6.58 Å². The molecule has 6 nitrogen and oxygen atoms in total. The summed E-state index contributed by atoms with van der Waals surface area (Å²) in [6, 6.07) is 8.15. The molecule has 6 heteroatoms. The number of Topliss-reactive ketones (excluding diaryl/α,β-unsaturated/α-hetero) is 1. The van der Waals surface area contributed by atoms with Crippen molar-refractivity contribution in [3.63, 3.8) is 0 Å². The van der Waals surface area contributed by atoms with Crippen LogP contribution in [0.4, 0.5) is 0 Å². The van der Waals surface area contributed by atoms with Gasteiger partial charge in [0.15, 0.2) is 5.78 Å². The Bertz CT molecular complexity index is 592. The zero-order valence-electron chi connectivity index (χ0n) is 12.9. The summed E-state index contributed by atoms with van der Waals surface area (Å²) in [5, 5.41) is 18.8. The van der Waals surface area contributed by atoms with Crippen LogP contribution < -0.4 is 0 Å². The predicted molar refractivity (Wildman–Crippen MR) is 83.3 cm³/mol. The summed E-state index contributed by atoms with van der Waals surface area (Å²) in [5.41, 5.74) is -2.09. The molecular formula is C17H20O6. The highest BCUT2D eigenvalue weighted by Gasteiger charge is 2.46. The van der Waals surface area contributed by atoms with Gasteiger partial charge >= 0.3 is 11.9 Å². The largest absolute Gasteiger partial charge is 0.481 e. The second-order valence-electron chi connectivity index (χ2n) is 5.08. The molecule has 23 heavy (non-hydrogen) atoms. The number of carbonyl (C=O) groups is 3. The fourth-order valence-electron chi connectivity index (χ4n) is 2.25. The molecule has 1 rings (SSSR count). The maximum atomic E-state index is 12.4. The molecule has 124 valence electrons. The van der Waals surface area contributed by atoms with E-state index in [0.717, 1.165) is 0 Å². The fraction of sp³-hybridized carbons (Fsp3) is 0.353. The molecule has 0 heterocycles. The number of hydrogen-bond acceptors (Lipinski definition) is 4. The molecule has 0 aromatic heterocycles. The number of rotatable bonds is 10. The van der Waals surface area contributed by atoms with Crippen molar-refractivity contribution < 1.29 is 29.3 Å². The van der Waals surface area contributed by atoms with Crippen molar-refractivity contribution in [2.75, 3.05) is 13.2 Å². The average molecular weight is 320 g/mol. The first-order valence-electron chi connectivity index (χ1n) is 7.17. The van der Waals surface area contributed by atoms with Gasteiger partial charge in [0.05, 0.1) is 0 Å². The van der Waals surface area contributed by atoms with Gasteiger partial charge in [-0.2, -0.15) is 0 Å². The minimum absolute atomic E-state index is 0.0250. The van der Waals surface area contributed by atoms with Gasteiger partial charge in [0, 0.05) is 30.8 Å². The Morgan fingerprint density at radius 3 is 2.26 bits per heavy atom. The third kappa shape index (κ3) is 4.50. The highest BCUT2D eigenvalue weighted by atomic mass is 16.5. The lowest BCUT2D eigenvalue weighted by atomic mass is 9.73. The molecule has 0 saturated carbocycles. The van der Waals surface area contributed by atoms with Crippen LogP contribution in [0.3, 0.4) is 0 Å². The van der Waals surface area contributed by atoms with Crippen LogP contribution >= 0.6 is 0 Å². The lowest BCUT2D eigenvalue weighted by Gasteiger charge is -2.29. The molecule has 2 N–H and O–H groups in total. The molecule has 0 fully saturated rings. The maximum absolute atomic E-state index is 12.4. The summed E-state index contributed by atoms with van der Waals surface area (Å²) in [4.78, 5) is 35.5. The number of aliphatic carboxylic acids is 2. The monoisotopic (exact) mass is 320 g/mol. The average Bonchev–Trinajstić information content (AvgIpc) is 2.53. The van der Waals surface area contributed by atoms with Gasteiger partial charge in [-0.3, -0.25) is 9.59 Å². The number of hydrogen-bond donors (Lipinski definition) is 2. The number of carboxylic acid groups (broad SMARTS) is 2. The molecule has 1 atom stereocenters. The third-order valence-electron chi connectivity index (χ3n) is 3.68. The Morgan fingerprint density at radius 2 is 1.78 bits per heavy atom. The minimum atomic E-state index is -1.89. The van der Waals surface area contributed by atoms with Crippen LogP contribution in [0.15, 0.2) is 42.5 Å². The minimum Gasteiger partial charge on any atom is -0.481 e. The van der Waals surface area contributed by atoms with E-state index >= 15 is 0 Å². The maximum Gasteiger partial charge on any atom is 0.332 e. The zero-order valence-corrected chi connectivity index (χ0v) is 12.9. The molecule has 0 radical (unpaired) electrons. The molecule has 0 saturated heterocycles. The summed E-state index contributed by atoms with van der Waals surface area (Å²) in [5.74, 6) is -3.29. The molecule has 0 amide bonds. The van der Waals surface area contributed by atoms with Crippen LogP contribution in [0, 0.1) is 5.41 Å². The third-order valence-corrected chi connectivity index (χ3v) is 3.68. The van der Waals surface area contributed by atoms with E-state index in [4.69, 9.17) is 4.74 Å². The Balaban J connectivity index is 3.15. The van der Waals surface area contributed by atoms with Gasteiger partial charge in [0.2, 0.25) is 0 Å². The Morgan fingerprint density at radius 1 is 1.17 bits per heavy atom. The first-order valence-corrected chi connectivity index (χ1v) is 7.17. The van der Waals surface area contributed by atoms with Crippen molar-refractivity contribution in [1.82, 2.24) is 0 Å². The van der Waals surface area contributed by atoms with Crippen molar-refractivity contribution >= 4 is 17.7 Å². The van der Waals surface area contributed by atoms with Crippen molar-refractivity contribution in [2.24, 2.45) is 5.41 Å². The summed E-state index contributed by atoms with van der Waals surface area (Å²) in [6.45, 7) is 5.51. The van der Waals surface area contributed by atoms with Gasteiger partial charge in [0.25, 0.3) is 0 Å². The van der Waals surface area contributed by atoms with E-state index in [1.807, 2.05) is 0 Å². The van der Waals surface area contributed by atoms with Crippen molar-refractivity contribution in [2.45, 2.75) is 19.8 Å². The lowest BCUT2D eigenvalue weighted by molar-refractivity contribution is -0.151. The van der Waals surface area contributed by atoms with Crippen molar-refractivity contribution in [1.29, 1.82) is 0 Å². The van der Waals surface area contributed by atoms with Crippen LogP contribution in [0.1, 0.15) is 30.1 Å². The van der Waals surface area contributed by atoms with Crippen LogP contribution in [0.2, 0.25) is 0 Å². The molecule has 0 spiro atoms. The molecular weight excluding hydrogens is 300 g/mol. The quantitative estimate of drug-likeness (QED) is 0.390. The molecule has 1 aromatic carbocycles. The van der Waals surface area contributed by atoms with E-state index in [-0.39, 0.29) is 13.0 Å². The van der Waals surface area contributed by atoms with Gasteiger partial charge in [-0.25, -0.2) is 4.79 Å².